The van der Waals surface area contributed by atoms with E-state index in [2.05, 4.69) is 10.3 Å². The van der Waals surface area contributed by atoms with Crippen LogP contribution in [0, 0.1) is 0 Å². The molecule has 0 saturated carbocycles. The number of carbonyl (C=O) groups excluding carboxylic acids is 1. The van der Waals surface area contributed by atoms with Gasteiger partial charge in [-0.15, -0.1) is 11.3 Å². The lowest BCUT2D eigenvalue weighted by molar-refractivity contribution is 0.102. The van der Waals surface area contributed by atoms with Crippen molar-refractivity contribution in [2.45, 2.75) is 6.92 Å². The van der Waals surface area contributed by atoms with Gasteiger partial charge in [-0.3, -0.25) is 10.1 Å². The van der Waals surface area contributed by atoms with E-state index in [1.54, 1.807) is 29.8 Å². The number of nitrogens with zero attached hydrogens (tertiary/aromatic N) is 1. The zero-order chi connectivity index (χ0) is 18.9. The van der Waals surface area contributed by atoms with Crippen molar-refractivity contribution in [2.24, 2.45) is 0 Å². The third kappa shape index (κ3) is 5.46. The number of benzene rings is 2. The zero-order valence-corrected chi connectivity index (χ0v) is 15.7. The molecule has 1 N–H and O–H groups in total. The van der Waals surface area contributed by atoms with Crippen LogP contribution in [0.4, 0.5) is 5.13 Å². The van der Waals surface area contributed by atoms with E-state index in [0.717, 1.165) is 5.75 Å². The Morgan fingerprint density at radius 3 is 2.59 bits per heavy atom. The fourth-order valence-electron chi connectivity index (χ4n) is 2.32. The van der Waals surface area contributed by atoms with Gasteiger partial charge < -0.3 is 14.2 Å². The smallest absolute Gasteiger partial charge is 0.257 e. The monoisotopic (exact) mass is 384 g/mol. The molecular weight excluding hydrogens is 364 g/mol. The van der Waals surface area contributed by atoms with Gasteiger partial charge in [0.15, 0.2) is 16.6 Å². The van der Waals surface area contributed by atoms with Crippen LogP contribution >= 0.6 is 11.3 Å². The highest BCUT2D eigenvalue weighted by molar-refractivity contribution is 7.13. The van der Waals surface area contributed by atoms with Crippen molar-refractivity contribution in [1.82, 2.24) is 4.98 Å². The Balaban J connectivity index is 1.60. The number of anilines is 1. The number of aromatic nitrogens is 1. The van der Waals surface area contributed by atoms with E-state index in [-0.39, 0.29) is 5.91 Å². The van der Waals surface area contributed by atoms with Crippen molar-refractivity contribution in [2.75, 3.05) is 25.1 Å². The highest BCUT2D eigenvalue weighted by atomic mass is 32.1. The molecule has 2 aromatic carbocycles. The second-order valence-electron chi connectivity index (χ2n) is 5.40. The van der Waals surface area contributed by atoms with Gasteiger partial charge >= 0.3 is 0 Å². The summed E-state index contributed by atoms with van der Waals surface area (Å²) in [5, 5.41) is 5.10. The molecule has 3 rings (SSSR count). The average Bonchev–Trinajstić information content (AvgIpc) is 3.20. The van der Waals surface area contributed by atoms with E-state index in [9.17, 15) is 4.79 Å². The molecule has 6 nitrogen and oxygen atoms in total. The van der Waals surface area contributed by atoms with E-state index in [4.69, 9.17) is 14.2 Å². The first-order chi connectivity index (χ1) is 13.3. The first-order valence-electron chi connectivity index (χ1n) is 8.54. The number of thiazole rings is 1. The zero-order valence-electron chi connectivity index (χ0n) is 14.9. The standard InChI is InChI=1S/C20H20N2O4S/c1-2-24-18-14-15(19(23)22-20-21-10-13-27-20)8-9-17(18)26-12-11-25-16-6-4-3-5-7-16/h3-10,13-14H,2,11-12H2,1H3,(H,21,22,23). The second kappa shape index (κ2) is 9.59. The molecule has 27 heavy (non-hydrogen) atoms. The number of para-hydroxylation sites is 1. The molecule has 0 spiro atoms. The summed E-state index contributed by atoms with van der Waals surface area (Å²) in [6.45, 7) is 3.11. The molecule has 1 aromatic heterocycles. The Kier molecular flexibility index (Phi) is 6.65. The molecular formula is C20H20N2O4S. The maximum absolute atomic E-state index is 12.3. The van der Waals surface area contributed by atoms with Crippen LogP contribution in [0.2, 0.25) is 0 Å². The summed E-state index contributed by atoms with van der Waals surface area (Å²) in [6, 6.07) is 14.6. The lowest BCUT2D eigenvalue weighted by atomic mass is 10.2. The molecule has 140 valence electrons. The number of hydrogen-bond donors (Lipinski definition) is 1. The van der Waals surface area contributed by atoms with Crippen LogP contribution < -0.4 is 19.5 Å². The normalized spacial score (nSPS) is 10.3. The van der Waals surface area contributed by atoms with Crippen LogP contribution in [0.15, 0.2) is 60.1 Å². The lowest BCUT2D eigenvalue weighted by Gasteiger charge is -2.13. The number of ether oxygens (including phenoxy) is 3. The van der Waals surface area contributed by atoms with Crippen LogP contribution in [-0.4, -0.2) is 30.7 Å². The molecule has 3 aromatic rings. The van der Waals surface area contributed by atoms with Gasteiger partial charge in [0.1, 0.15) is 19.0 Å². The van der Waals surface area contributed by atoms with Crippen molar-refractivity contribution < 1.29 is 19.0 Å². The Hall–Kier alpha value is -3.06. The van der Waals surface area contributed by atoms with Crippen LogP contribution in [0.5, 0.6) is 17.2 Å². The molecule has 7 heteroatoms. The van der Waals surface area contributed by atoms with Gasteiger partial charge in [-0.1, -0.05) is 18.2 Å². The predicted molar refractivity (Wildman–Crippen MR) is 105 cm³/mol. The number of nitrogens with one attached hydrogen (secondary N) is 1. The molecule has 0 radical (unpaired) electrons. The van der Waals surface area contributed by atoms with Gasteiger partial charge in [0.2, 0.25) is 0 Å². The Morgan fingerprint density at radius 1 is 1.04 bits per heavy atom. The summed E-state index contributed by atoms with van der Waals surface area (Å²) in [4.78, 5) is 16.4. The Labute approximate surface area is 161 Å². The Morgan fingerprint density at radius 2 is 1.85 bits per heavy atom. The van der Waals surface area contributed by atoms with Gasteiger partial charge in [-0.25, -0.2) is 4.98 Å². The molecule has 0 atom stereocenters. The maximum atomic E-state index is 12.3. The highest BCUT2D eigenvalue weighted by Gasteiger charge is 2.13. The Bertz CT molecular complexity index is 854. The van der Waals surface area contributed by atoms with E-state index in [0.29, 0.717) is 42.0 Å². The summed E-state index contributed by atoms with van der Waals surface area (Å²) in [6.07, 6.45) is 1.64. The molecule has 0 fully saturated rings. The van der Waals surface area contributed by atoms with E-state index < -0.39 is 0 Å². The number of rotatable bonds is 9. The summed E-state index contributed by atoms with van der Waals surface area (Å²) in [5.74, 6) is 1.63. The summed E-state index contributed by atoms with van der Waals surface area (Å²) < 4.78 is 17.0. The van der Waals surface area contributed by atoms with E-state index >= 15 is 0 Å². The van der Waals surface area contributed by atoms with Crippen LogP contribution in [0.25, 0.3) is 0 Å². The number of carbonyl (C=O) groups is 1. The molecule has 1 amide bonds. The summed E-state index contributed by atoms with van der Waals surface area (Å²) >= 11 is 1.36. The minimum atomic E-state index is -0.245. The molecule has 1 heterocycles. The number of hydrogen-bond acceptors (Lipinski definition) is 6. The maximum Gasteiger partial charge on any atom is 0.257 e. The number of amides is 1. The third-order valence-corrected chi connectivity index (χ3v) is 4.20. The third-order valence-electron chi connectivity index (χ3n) is 3.51. The van der Waals surface area contributed by atoms with E-state index in [1.165, 1.54) is 11.3 Å². The molecule has 0 aliphatic carbocycles. The fraction of sp³-hybridized carbons (Fsp3) is 0.200. The van der Waals surface area contributed by atoms with Crippen LogP contribution in [-0.2, 0) is 0 Å². The van der Waals surface area contributed by atoms with Crippen LogP contribution in [0.3, 0.4) is 0 Å². The fourth-order valence-corrected chi connectivity index (χ4v) is 2.84. The minimum Gasteiger partial charge on any atom is -0.490 e. The van der Waals surface area contributed by atoms with Crippen molar-refractivity contribution in [1.29, 1.82) is 0 Å². The largest absolute Gasteiger partial charge is 0.490 e. The van der Waals surface area contributed by atoms with Crippen molar-refractivity contribution in [3.8, 4) is 17.2 Å². The van der Waals surface area contributed by atoms with Gasteiger partial charge in [0, 0.05) is 17.1 Å². The molecule has 0 aliphatic heterocycles. The van der Waals surface area contributed by atoms with Crippen molar-refractivity contribution in [3.63, 3.8) is 0 Å². The quantitative estimate of drug-likeness (QED) is 0.559. The lowest BCUT2D eigenvalue weighted by Crippen LogP contribution is -2.13. The van der Waals surface area contributed by atoms with Crippen molar-refractivity contribution >= 4 is 22.4 Å². The second-order valence-corrected chi connectivity index (χ2v) is 6.29. The first-order valence-corrected chi connectivity index (χ1v) is 9.42. The van der Waals surface area contributed by atoms with Crippen molar-refractivity contribution in [3.05, 3.63) is 65.7 Å². The van der Waals surface area contributed by atoms with Gasteiger partial charge in [0.25, 0.3) is 5.91 Å². The molecule has 0 aliphatic rings. The van der Waals surface area contributed by atoms with Crippen LogP contribution in [0.1, 0.15) is 17.3 Å². The molecule has 0 unspecified atom stereocenters. The summed E-state index contributed by atoms with van der Waals surface area (Å²) in [5.41, 5.74) is 0.474. The topological polar surface area (TPSA) is 69.7 Å². The van der Waals surface area contributed by atoms with Gasteiger partial charge in [0.05, 0.1) is 6.61 Å². The predicted octanol–water partition coefficient (Wildman–Crippen LogP) is 4.25. The molecule has 0 bridgehead atoms. The summed E-state index contributed by atoms with van der Waals surface area (Å²) in [7, 11) is 0. The average molecular weight is 384 g/mol. The minimum absolute atomic E-state index is 0.245. The highest BCUT2D eigenvalue weighted by Crippen LogP contribution is 2.29. The van der Waals surface area contributed by atoms with Gasteiger partial charge in [-0.05, 0) is 37.3 Å². The SMILES string of the molecule is CCOc1cc(C(=O)Nc2nccs2)ccc1OCCOc1ccccc1. The van der Waals surface area contributed by atoms with E-state index in [1.807, 2.05) is 37.3 Å². The molecule has 0 saturated heterocycles. The first kappa shape index (κ1) is 18.7. The van der Waals surface area contributed by atoms with Gasteiger partial charge in [-0.2, -0.15) is 0 Å².